The molecule has 0 saturated heterocycles. The predicted molar refractivity (Wildman–Crippen MR) is 92.7 cm³/mol. The van der Waals surface area contributed by atoms with Crippen LogP contribution in [0.4, 0.5) is 17.1 Å². The van der Waals surface area contributed by atoms with E-state index >= 15 is 0 Å². The minimum Gasteiger partial charge on any atom is -0.545 e. The summed E-state index contributed by atoms with van der Waals surface area (Å²) in [5.74, 6) is -1.40. The number of hydrogen-bond acceptors (Lipinski definition) is 7. The second kappa shape index (κ2) is 7.04. The smallest absolute Gasteiger partial charge is 0.299 e. The van der Waals surface area contributed by atoms with Crippen LogP contribution >= 0.6 is 0 Å². The van der Waals surface area contributed by atoms with E-state index in [-0.39, 0.29) is 22.6 Å². The summed E-state index contributed by atoms with van der Waals surface area (Å²) in [4.78, 5) is 33.8. The SMILES string of the molecule is Cc1[nH]n(-c2ccc([N+](=O)[O-])cc2)c(=O)c1N=Nc1ccccc1C(=O)[O-]. The highest BCUT2D eigenvalue weighted by Gasteiger charge is 2.13. The monoisotopic (exact) mass is 366 g/mol. The molecule has 0 aliphatic carbocycles. The number of carboxylic acid groups (broad SMARTS) is 1. The van der Waals surface area contributed by atoms with Crippen molar-refractivity contribution in [2.24, 2.45) is 10.2 Å². The number of aromatic amines is 1. The Bertz CT molecular complexity index is 1110. The maximum atomic E-state index is 12.6. The maximum absolute atomic E-state index is 12.6. The Kier molecular flexibility index (Phi) is 4.62. The van der Waals surface area contributed by atoms with Crippen LogP contribution in [0.1, 0.15) is 16.1 Å². The van der Waals surface area contributed by atoms with Crippen molar-refractivity contribution in [2.45, 2.75) is 6.92 Å². The Hall–Kier alpha value is -4.08. The number of H-pyrrole nitrogens is 1. The molecule has 0 amide bonds. The largest absolute Gasteiger partial charge is 0.545 e. The van der Waals surface area contributed by atoms with Gasteiger partial charge in [-0.05, 0) is 25.1 Å². The fourth-order valence-corrected chi connectivity index (χ4v) is 2.40. The Morgan fingerprint density at radius 3 is 2.41 bits per heavy atom. The van der Waals surface area contributed by atoms with Crippen LogP contribution in [0.15, 0.2) is 63.6 Å². The zero-order valence-electron chi connectivity index (χ0n) is 13.9. The van der Waals surface area contributed by atoms with Gasteiger partial charge in [-0.1, -0.05) is 18.2 Å². The lowest BCUT2D eigenvalue weighted by atomic mass is 10.2. The molecule has 3 aromatic rings. The van der Waals surface area contributed by atoms with E-state index in [1.54, 1.807) is 13.0 Å². The van der Waals surface area contributed by atoms with Crippen LogP contribution in [0.5, 0.6) is 0 Å². The molecule has 3 rings (SSSR count). The number of azo groups is 1. The summed E-state index contributed by atoms with van der Waals surface area (Å²) < 4.78 is 1.16. The van der Waals surface area contributed by atoms with Crippen molar-refractivity contribution in [3.05, 3.63) is 80.3 Å². The van der Waals surface area contributed by atoms with Crippen molar-refractivity contribution in [1.29, 1.82) is 0 Å². The zero-order valence-corrected chi connectivity index (χ0v) is 13.9. The Labute approximate surface area is 151 Å². The van der Waals surface area contributed by atoms with E-state index in [0.717, 1.165) is 4.68 Å². The van der Waals surface area contributed by atoms with E-state index in [1.165, 1.54) is 42.5 Å². The van der Waals surface area contributed by atoms with Crippen LogP contribution in [0, 0.1) is 17.0 Å². The molecule has 0 bridgehead atoms. The number of carbonyl (C=O) groups is 1. The fourth-order valence-electron chi connectivity index (χ4n) is 2.40. The molecule has 27 heavy (non-hydrogen) atoms. The molecule has 0 atom stereocenters. The number of nitrogens with zero attached hydrogens (tertiary/aromatic N) is 4. The summed E-state index contributed by atoms with van der Waals surface area (Å²) >= 11 is 0. The minimum atomic E-state index is -1.40. The third kappa shape index (κ3) is 3.49. The van der Waals surface area contributed by atoms with E-state index in [0.29, 0.717) is 11.4 Å². The van der Waals surface area contributed by atoms with Crippen LogP contribution in [0.2, 0.25) is 0 Å². The molecule has 0 radical (unpaired) electrons. The quantitative estimate of drug-likeness (QED) is 0.417. The molecule has 136 valence electrons. The van der Waals surface area contributed by atoms with E-state index in [9.17, 15) is 24.8 Å². The van der Waals surface area contributed by atoms with Crippen molar-refractivity contribution < 1.29 is 14.8 Å². The lowest BCUT2D eigenvalue weighted by molar-refractivity contribution is -0.384. The fraction of sp³-hybridized carbons (Fsp3) is 0.0588. The van der Waals surface area contributed by atoms with Crippen LogP contribution < -0.4 is 10.7 Å². The number of carbonyl (C=O) groups excluding carboxylic acids is 1. The van der Waals surface area contributed by atoms with Gasteiger partial charge >= 0.3 is 0 Å². The van der Waals surface area contributed by atoms with E-state index in [4.69, 9.17) is 0 Å². The molecule has 0 spiro atoms. The summed E-state index contributed by atoms with van der Waals surface area (Å²) in [5.41, 5.74) is 0.0363. The molecule has 1 heterocycles. The zero-order chi connectivity index (χ0) is 19.6. The third-order valence-corrected chi connectivity index (χ3v) is 3.74. The minimum absolute atomic E-state index is 0.0125. The number of non-ortho nitro benzene ring substituents is 1. The molecule has 0 aliphatic heterocycles. The number of nitrogens with one attached hydrogen (secondary N) is 1. The average molecular weight is 366 g/mol. The Morgan fingerprint density at radius 2 is 1.78 bits per heavy atom. The molecule has 1 aromatic heterocycles. The van der Waals surface area contributed by atoms with Gasteiger partial charge in [0.05, 0.1) is 28.0 Å². The van der Waals surface area contributed by atoms with Crippen molar-refractivity contribution in [3.8, 4) is 5.69 Å². The van der Waals surface area contributed by atoms with Gasteiger partial charge in [-0.3, -0.25) is 20.0 Å². The first-order chi connectivity index (χ1) is 12.9. The molecule has 0 aliphatic rings. The van der Waals surface area contributed by atoms with E-state index < -0.39 is 16.5 Å². The number of nitro benzene ring substituents is 1. The topological polar surface area (TPSA) is 146 Å². The van der Waals surface area contributed by atoms with Crippen molar-refractivity contribution >= 4 is 23.0 Å². The number of carboxylic acids is 1. The molecular formula is C17H12N5O5-. The van der Waals surface area contributed by atoms with Gasteiger partial charge in [0.25, 0.3) is 11.2 Å². The third-order valence-electron chi connectivity index (χ3n) is 3.74. The van der Waals surface area contributed by atoms with Gasteiger partial charge in [-0.15, -0.1) is 10.2 Å². The first-order valence-electron chi connectivity index (χ1n) is 7.67. The maximum Gasteiger partial charge on any atom is 0.299 e. The average Bonchev–Trinajstić information content (AvgIpc) is 2.94. The summed E-state index contributed by atoms with van der Waals surface area (Å²) in [6, 6.07) is 11.2. The highest BCUT2D eigenvalue weighted by atomic mass is 16.6. The molecule has 1 N–H and O–H groups in total. The summed E-state index contributed by atoms with van der Waals surface area (Å²) in [5, 5.41) is 32.3. The van der Waals surface area contributed by atoms with Crippen molar-refractivity contribution in [1.82, 2.24) is 9.78 Å². The Morgan fingerprint density at radius 1 is 1.11 bits per heavy atom. The second-order valence-electron chi connectivity index (χ2n) is 5.50. The van der Waals surface area contributed by atoms with Gasteiger partial charge in [0.15, 0.2) is 5.69 Å². The number of aryl methyl sites for hydroxylation is 1. The number of nitro groups is 1. The van der Waals surface area contributed by atoms with Crippen LogP contribution in [0.3, 0.4) is 0 Å². The summed E-state index contributed by atoms with van der Waals surface area (Å²) in [6.07, 6.45) is 0. The standard InChI is InChI=1S/C17H13N5O5/c1-10-15(19-18-14-5-3-2-4-13(14)17(24)25)16(23)21(20-10)11-6-8-12(9-7-11)22(26)27/h2-9,20H,1H3,(H,24,25)/p-1. The van der Waals surface area contributed by atoms with Gasteiger partial charge in [-0.25, -0.2) is 4.68 Å². The van der Waals surface area contributed by atoms with Gasteiger partial charge in [0.2, 0.25) is 0 Å². The molecule has 0 saturated carbocycles. The summed E-state index contributed by atoms with van der Waals surface area (Å²) in [7, 11) is 0. The van der Waals surface area contributed by atoms with E-state index in [1.807, 2.05) is 0 Å². The number of hydrogen-bond donors (Lipinski definition) is 1. The van der Waals surface area contributed by atoms with Crippen molar-refractivity contribution in [3.63, 3.8) is 0 Å². The normalized spacial score (nSPS) is 11.0. The highest BCUT2D eigenvalue weighted by Crippen LogP contribution is 2.22. The molecule has 2 aromatic carbocycles. The predicted octanol–water partition coefficient (Wildman–Crippen LogP) is 2.16. The first-order valence-corrected chi connectivity index (χ1v) is 7.67. The molecule has 10 nitrogen and oxygen atoms in total. The first kappa shape index (κ1) is 17.7. The molecule has 0 fully saturated rings. The van der Waals surface area contributed by atoms with Crippen LogP contribution in [0.25, 0.3) is 5.69 Å². The lowest BCUT2D eigenvalue weighted by Crippen LogP contribution is -2.22. The van der Waals surface area contributed by atoms with Gasteiger partial charge in [0, 0.05) is 17.7 Å². The molecule has 0 unspecified atom stereocenters. The van der Waals surface area contributed by atoms with Crippen LogP contribution in [-0.4, -0.2) is 20.7 Å². The highest BCUT2D eigenvalue weighted by molar-refractivity contribution is 5.91. The van der Waals surface area contributed by atoms with Gasteiger partial charge < -0.3 is 9.90 Å². The summed E-state index contributed by atoms with van der Waals surface area (Å²) in [6.45, 7) is 1.60. The van der Waals surface area contributed by atoms with E-state index in [2.05, 4.69) is 15.3 Å². The number of aromatic nitrogens is 2. The number of aromatic carboxylic acids is 1. The van der Waals surface area contributed by atoms with Gasteiger partial charge in [0.1, 0.15) is 0 Å². The Balaban J connectivity index is 1.99. The number of benzene rings is 2. The molecular weight excluding hydrogens is 354 g/mol. The second-order valence-corrected chi connectivity index (χ2v) is 5.50. The molecule has 10 heteroatoms. The van der Waals surface area contributed by atoms with Gasteiger partial charge in [-0.2, -0.15) is 0 Å². The number of rotatable bonds is 5. The van der Waals surface area contributed by atoms with Crippen LogP contribution in [-0.2, 0) is 0 Å². The lowest BCUT2D eigenvalue weighted by Gasteiger charge is -2.04. The van der Waals surface area contributed by atoms with Crippen molar-refractivity contribution in [2.75, 3.05) is 0 Å².